The van der Waals surface area contributed by atoms with Crippen LogP contribution >= 0.6 is 11.6 Å². The summed E-state index contributed by atoms with van der Waals surface area (Å²) in [6.45, 7) is 1.14. The fourth-order valence-corrected chi connectivity index (χ4v) is 3.80. The second-order valence-electron chi connectivity index (χ2n) is 7.30. The van der Waals surface area contributed by atoms with Crippen LogP contribution in [0.3, 0.4) is 0 Å². The number of hydrogen-bond acceptors (Lipinski definition) is 5. The zero-order valence-corrected chi connectivity index (χ0v) is 17.3. The lowest BCUT2D eigenvalue weighted by Crippen LogP contribution is -2.23. The Bertz CT molecular complexity index is 1290. The van der Waals surface area contributed by atoms with Gasteiger partial charge in [-0.1, -0.05) is 29.8 Å². The van der Waals surface area contributed by atoms with E-state index in [0.717, 1.165) is 34.2 Å². The molecule has 2 N–H and O–H groups in total. The first kappa shape index (κ1) is 19.3. The van der Waals surface area contributed by atoms with Crippen molar-refractivity contribution in [1.82, 2.24) is 15.3 Å². The summed E-state index contributed by atoms with van der Waals surface area (Å²) in [6, 6.07) is 17.1. The van der Waals surface area contributed by atoms with Gasteiger partial charge in [0, 0.05) is 41.5 Å². The third-order valence-corrected chi connectivity index (χ3v) is 5.43. The largest absolute Gasteiger partial charge is 0.493 e. The molecule has 0 saturated heterocycles. The van der Waals surface area contributed by atoms with Crippen LogP contribution in [0.15, 0.2) is 67.0 Å². The number of nitrogens with one attached hydrogen (secondary N) is 2. The van der Waals surface area contributed by atoms with Gasteiger partial charge >= 0.3 is 0 Å². The number of hydrogen-bond donors (Lipinski definition) is 2. The molecule has 0 spiro atoms. The van der Waals surface area contributed by atoms with Gasteiger partial charge in [0.2, 0.25) is 0 Å². The van der Waals surface area contributed by atoms with Crippen molar-refractivity contribution < 1.29 is 9.53 Å². The number of anilines is 2. The van der Waals surface area contributed by atoms with E-state index in [9.17, 15) is 4.79 Å². The Morgan fingerprint density at radius 2 is 1.94 bits per heavy atom. The molecule has 0 fully saturated rings. The number of aromatic nitrogens is 2. The van der Waals surface area contributed by atoms with Gasteiger partial charge in [0.1, 0.15) is 17.3 Å². The van der Waals surface area contributed by atoms with Crippen LogP contribution in [-0.2, 0) is 13.0 Å². The van der Waals surface area contributed by atoms with E-state index in [2.05, 4.69) is 26.7 Å². The van der Waals surface area contributed by atoms with Crippen LogP contribution in [0.1, 0.15) is 21.6 Å². The van der Waals surface area contributed by atoms with Crippen LogP contribution in [0.2, 0.25) is 5.02 Å². The molecule has 31 heavy (non-hydrogen) atoms. The van der Waals surface area contributed by atoms with Gasteiger partial charge in [-0.25, -0.2) is 4.98 Å². The molecular formula is C24H19ClN4O2. The molecule has 5 rings (SSSR count). The van der Waals surface area contributed by atoms with Gasteiger partial charge in [-0.15, -0.1) is 0 Å². The third-order valence-electron chi connectivity index (χ3n) is 5.19. The number of benzene rings is 2. The van der Waals surface area contributed by atoms with Gasteiger partial charge in [0.25, 0.3) is 5.91 Å². The molecule has 7 heteroatoms. The number of rotatable bonds is 5. The van der Waals surface area contributed by atoms with Crippen molar-refractivity contribution in [2.75, 3.05) is 11.9 Å². The Hall–Kier alpha value is -3.64. The minimum absolute atomic E-state index is 0.241. The molecule has 0 bridgehead atoms. The highest BCUT2D eigenvalue weighted by Gasteiger charge is 2.13. The average molecular weight is 431 g/mol. The molecule has 0 atom stereocenters. The molecule has 2 aromatic carbocycles. The first-order valence-corrected chi connectivity index (χ1v) is 10.3. The Morgan fingerprint density at radius 1 is 1.03 bits per heavy atom. The summed E-state index contributed by atoms with van der Waals surface area (Å²) in [7, 11) is 0. The molecule has 3 heterocycles. The second-order valence-corrected chi connectivity index (χ2v) is 7.74. The predicted octanol–water partition coefficient (Wildman–Crippen LogP) is 4.89. The summed E-state index contributed by atoms with van der Waals surface area (Å²) in [5.41, 5.74) is 3.25. The van der Waals surface area contributed by atoms with Gasteiger partial charge < -0.3 is 15.4 Å². The van der Waals surface area contributed by atoms with E-state index < -0.39 is 0 Å². The summed E-state index contributed by atoms with van der Waals surface area (Å²) >= 11 is 6.15. The van der Waals surface area contributed by atoms with E-state index in [-0.39, 0.29) is 5.91 Å². The van der Waals surface area contributed by atoms with Crippen molar-refractivity contribution in [3.8, 4) is 5.75 Å². The Labute approximate surface area is 184 Å². The van der Waals surface area contributed by atoms with Crippen molar-refractivity contribution in [3.05, 3.63) is 88.8 Å². The standard InChI is InChI=1S/C24H19ClN4O2/c25-18-3-2-16-5-8-27-23(20(16)12-18)29-19-6-9-26-21(13-19)24(30)28-14-15-1-4-22-17(11-15)7-10-31-22/h1-6,8-9,11-13H,7,10,14H2,(H,28,30)(H,26,27,29). The molecule has 1 aliphatic heterocycles. The van der Waals surface area contributed by atoms with Crippen LogP contribution in [0, 0.1) is 0 Å². The summed E-state index contributed by atoms with van der Waals surface area (Å²) in [4.78, 5) is 21.3. The molecule has 0 saturated carbocycles. The fourth-order valence-electron chi connectivity index (χ4n) is 3.63. The molecule has 154 valence electrons. The van der Waals surface area contributed by atoms with Crippen molar-refractivity contribution in [2.45, 2.75) is 13.0 Å². The molecule has 2 aromatic heterocycles. The Morgan fingerprint density at radius 3 is 2.87 bits per heavy atom. The normalized spacial score (nSPS) is 12.3. The minimum Gasteiger partial charge on any atom is -0.493 e. The number of carbonyl (C=O) groups is 1. The zero-order valence-electron chi connectivity index (χ0n) is 16.6. The maximum Gasteiger partial charge on any atom is 0.270 e. The average Bonchev–Trinajstić information content (AvgIpc) is 3.26. The van der Waals surface area contributed by atoms with Crippen LogP contribution in [0.5, 0.6) is 5.75 Å². The molecule has 6 nitrogen and oxygen atoms in total. The predicted molar refractivity (Wildman–Crippen MR) is 121 cm³/mol. The van der Waals surface area contributed by atoms with Crippen LogP contribution in [0.25, 0.3) is 10.8 Å². The van der Waals surface area contributed by atoms with Gasteiger partial charge in [-0.3, -0.25) is 9.78 Å². The third kappa shape index (κ3) is 4.15. The quantitative estimate of drug-likeness (QED) is 0.471. The fraction of sp³-hybridized carbons (Fsp3) is 0.125. The number of nitrogens with zero attached hydrogens (tertiary/aromatic N) is 2. The number of halogens is 1. The highest BCUT2D eigenvalue weighted by Crippen LogP contribution is 2.27. The Balaban J connectivity index is 1.31. The minimum atomic E-state index is -0.241. The molecule has 1 amide bonds. The number of amides is 1. The van der Waals surface area contributed by atoms with Crippen LogP contribution in [0.4, 0.5) is 11.5 Å². The molecule has 1 aliphatic rings. The summed E-state index contributed by atoms with van der Waals surface area (Å²) < 4.78 is 5.53. The van der Waals surface area contributed by atoms with E-state index in [1.165, 1.54) is 5.56 Å². The highest BCUT2D eigenvalue weighted by molar-refractivity contribution is 6.31. The second kappa shape index (κ2) is 8.24. The zero-order chi connectivity index (χ0) is 21.2. The topological polar surface area (TPSA) is 76.1 Å². The molecule has 4 aromatic rings. The summed E-state index contributed by atoms with van der Waals surface area (Å²) in [6.07, 6.45) is 4.23. The first-order valence-electron chi connectivity index (χ1n) is 9.96. The van der Waals surface area contributed by atoms with E-state index in [4.69, 9.17) is 16.3 Å². The maximum absolute atomic E-state index is 12.7. The summed E-state index contributed by atoms with van der Waals surface area (Å²) in [5, 5.41) is 8.76. The number of carbonyl (C=O) groups excluding carboxylic acids is 1. The van der Waals surface area contributed by atoms with Crippen LogP contribution < -0.4 is 15.4 Å². The lowest BCUT2D eigenvalue weighted by Gasteiger charge is -2.10. The SMILES string of the molecule is O=C(NCc1ccc2c(c1)CCO2)c1cc(Nc2nccc3ccc(Cl)cc23)ccn1. The number of ether oxygens (including phenoxy) is 1. The maximum atomic E-state index is 12.7. The van der Waals surface area contributed by atoms with E-state index in [1.54, 1.807) is 24.5 Å². The molecule has 0 radical (unpaired) electrons. The van der Waals surface area contributed by atoms with E-state index >= 15 is 0 Å². The molecular weight excluding hydrogens is 412 g/mol. The van der Waals surface area contributed by atoms with Crippen molar-refractivity contribution in [3.63, 3.8) is 0 Å². The van der Waals surface area contributed by atoms with E-state index in [0.29, 0.717) is 29.7 Å². The van der Waals surface area contributed by atoms with Crippen molar-refractivity contribution in [2.24, 2.45) is 0 Å². The van der Waals surface area contributed by atoms with E-state index in [1.807, 2.05) is 36.4 Å². The Kier molecular flexibility index (Phi) is 5.14. The molecule has 0 unspecified atom stereocenters. The van der Waals surface area contributed by atoms with Crippen molar-refractivity contribution >= 4 is 39.8 Å². The monoisotopic (exact) mass is 430 g/mol. The van der Waals surface area contributed by atoms with Gasteiger partial charge in [-0.05, 0) is 52.9 Å². The summed E-state index contributed by atoms with van der Waals surface area (Å²) in [5.74, 6) is 1.35. The van der Waals surface area contributed by atoms with Gasteiger partial charge in [0.05, 0.1) is 6.61 Å². The van der Waals surface area contributed by atoms with Gasteiger partial charge in [-0.2, -0.15) is 0 Å². The first-order chi connectivity index (χ1) is 15.2. The lowest BCUT2D eigenvalue weighted by molar-refractivity contribution is 0.0946. The highest BCUT2D eigenvalue weighted by atomic mass is 35.5. The number of pyridine rings is 2. The smallest absolute Gasteiger partial charge is 0.270 e. The number of fused-ring (bicyclic) bond motifs is 2. The van der Waals surface area contributed by atoms with Crippen molar-refractivity contribution in [1.29, 1.82) is 0 Å². The van der Waals surface area contributed by atoms with Gasteiger partial charge in [0.15, 0.2) is 0 Å². The molecule has 0 aliphatic carbocycles. The lowest BCUT2D eigenvalue weighted by atomic mass is 10.1. The van der Waals surface area contributed by atoms with Crippen LogP contribution in [-0.4, -0.2) is 22.5 Å².